The molecule has 0 fully saturated rings. The summed E-state index contributed by atoms with van der Waals surface area (Å²) in [6, 6.07) is 10.4. The van der Waals surface area contributed by atoms with Gasteiger partial charge in [0.2, 0.25) is 0 Å². The quantitative estimate of drug-likeness (QED) is 0.704. The molecule has 1 aromatic carbocycles. The minimum atomic E-state index is 0.475. The highest BCUT2D eigenvalue weighted by atomic mass is 15.1. The van der Waals surface area contributed by atoms with Crippen molar-refractivity contribution in [2.24, 2.45) is 0 Å². The molecule has 0 saturated heterocycles. The van der Waals surface area contributed by atoms with E-state index in [4.69, 9.17) is 5.26 Å². The lowest BCUT2D eigenvalue weighted by Gasteiger charge is -2.29. The molecule has 0 aliphatic heterocycles. The van der Waals surface area contributed by atoms with E-state index < -0.39 is 0 Å². The number of benzene rings is 1. The maximum atomic E-state index is 8.87. The molecular formula is C14H16N2. The predicted octanol–water partition coefficient (Wildman–Crippen LogP) is 3.10. The Hall–Kier alpha value is -1.75. The molecule has 0 spiro atoms. The zero-order chi connectivity index (χ0) is 11.4. The van der Waals surface area contributed by atoms with Crippen LogP contribution in [0.5, 0.6) is 0 Å². The van der Waals surface area contributed by atoms with Crippen molar-refractivity contribution in [2.45, 2.75) is 25.3 Å². The van der Waals surface area contributed by atoms with Gasteiger partial charge in [0.1, 0.15) is 0 Å². The maximum absolute atomic E-state index is 8.87. The highest BCUT2D eigenvalue weighted by Crippen LogP contribution is 2.22. The summed E-state index contributed by atoms with van der Waals surface area (Å²) in [6.07, 6.45) is 8.16. The van der Waals surface area contributed by atoms with Gasteiger partial charge in [-0.1, -0.05) is 18.2 Å². The second-order valence-corrected chi connectivity index (χ2v) is 4.20. The van der Waals surface area contributed by atoms with E-state index in [1.165, 1.54) is 19.3 Å². The van der Waals surface area contributed by atoms with Crippen LogP contribution in [0.2, 0.25) is 0 Å². The van der Waals surface area contributed by atoms with E-state index in [9.17, 15) is 0 Å². The van der Waals surface area contributed by atoms with Crippen LogP contribution < -0.4 is 4.90 Å². The number of nitriles is 1. The molecule has 1 aromatic rings. The summed E-state index contributed by atoms with van der Waals surface area (Å²) in [5.74, 6) is 0. The van der Waals surface area contributed by atoms with E-state index in [-0.39, 0.29) is 0 Å². The molecule has 1 aliphatic rings. The lowest BCUT2D eigenvalue weighted by Crippen LogP contribution is -2.30. The summed E-state index contributed by atoms with van der Waals surface area (Å²) in [6.45, 7) is 0. The molecule has 1 aliphatic carbocycles. The first kappa shape index (κ1) is 10.8. The SMILES string of the molecule is CN(c1cccc(C#N)c1)C1C=CCCC1. The summed E-state index contributed by atoms with van der Waals surface area (Å²) in [5.41, 5.74) is 1.85. The second kappa shape index (κ2) is 4.85. The van der Waals surface area contributed by atoms with E-state index in [0.717, 1.165) is 11.3 Å². The molecule has 2 nitrogen and oxygen atoms in total. The molecule has 0 saturated carbocycles. The molecule has 2 rings (SSSR count). The lowest BCUT2D eigenvalue weighted by molar-refractivity contribution is 0.616. The Morgan fingerprint density at radius 2 is 2.31 bits per heavy atom. The van der Waals surface area contributed by atoms with Crippen molar-refractivity contribution in [3.05, 3.63) is 42.0 Å². The first-order valence-corrected chi connectivity index (χ1v) is 5.71. The topological polar surface area (TPSA) is 27.0 Å². The third-order valence-corrected chi connectivity index (χ3v) is 3.11. The zero-order valence-electron chi connectivity index (χ0n) is 9.56. The fraction of sp³-hybridized carbons (Fsp3) is 0.357. The van der Waals surface area contributed by atoms with Crippen LogP contribution >= 0.6 is 0 Å². The van der Waals surface area contributed by atoms with Crippen LogP contribution in [0.1, 0.15) is 24.8 Å². The Balaban J connectivity index is 2.19. The third kappa shape index (κ3) is 2.25. The monoisotopic (exact) mass is 212 g/mol. The first-order valence-electron chi connectivity index (χ1n) is 5.71. The predicted molar refractivity (Wildman–Crippen MR) is 66.3 cm³/mol. The number of rotatable bonds is 2. The van der Waals surface area contributed by atoms with Crippen molar-refractivity contribution < 1.29 is 0 Å². The Bertz CT molecular complexity index is 429. The van der Waals surface area contributed by atoms with E-state index in [1.54, 1.807) is 0 Å². The summed E-state index contributed by atoms with van der Waals surface area (Å²) < 4.78 is 0. The molecule has 0 bridgehead atoms. The van der Waals surface area contributed by atoms with E-state index in [0.29, 0.717) is 6.04 Å². The molecule has 0 aromatic heterocycles. The van der Waals surface area contributed by atoms with Gasteiger partial charge in [0.05, 0.1) is 11.6 Å². The van der Waals surface area contributed by atoms with Gasteiger partial charge < -0.3 is 4.90 Å². The average molecular weight is 212 g/mol. The van der Waals surface area contributed by atoms with Crippen molar-refractivity contribution in [1.29, 1.82) is 5.26 Å². The highest BCUT2D eigenvalue weighted by molar-refractivity contribution is 5.52. The molecule has 0 heterocycles. The van der Waals surface area contributed by atoms with Crippen LogP contribution in [0.3, 0.4) is 0 Å². The van der Waals surface area contributed by atoms with E-state index in [2.05, 4.69) is 36.2 Å². The molecule has 0 N–H and O–H groups in total. The van der Waals surface area contributed by atoms with Crippen LogP contribution in [-0.4, -0.2) is 13.1 Å². The van der Waals surface area contributed by atoms with Crippen molar-refractivity contribution in [3.63, 3.8) is 0 Å². The molecule has 0 amide bonds. The highest BCUT2D eigenvalue weighted by Gasteiger charge is 2.14. The molecule has 0 radical (unpaired) electrons. The minimum absolute atomic E-state index is 0.475. The number of likely N-dealkylation sites (N-methyl/N-ethyl adjacent to an activating group) is 1. The van der Waals surface area contributed by atoms with Gasteiger partial charge in [0, 0.05) is 18.8 Å². The van der Waals surface area contributed by atoms with Crippen molar-refractivity contribution >= 4 is 5.69 Å². The van der Waals surface area contributed by atoms with Gasteiger partial charge >= 0.3 is 0 Å². The molecule has 1 unspecified atom stereocenters. The number of anilines is 1. The number of allylic oxidation sites excluding steroid dienone is 1. The maximum Gasteiger partial charge on any atom is 0.0992 e. The summed E-state index contributed by atoms with van der Waals surface area (Å²) in [7, 11) is 2.09. The number of hydrogen-bond donors (Lipinski definition) is 0. The molecule has 16 heavy (non-hydrogen) atoms. The fourth-order valence-corrected chi connectivity index (χ4v) is 2.10. The van der Waals surface area contributed by atoms with Gasteiger partial charge in [-0.25, -0.2) is 0 Å². The van der Waals surface area contributed by atoms with Gasteiger partial charge in [-0.2, -0.15) is 5.26 Å². The normalized spacial score (nSPS) is 19.1. The second-order valence-electron chi connectivity index (χ2n) is 4.20. The molecule has 2 heteroatoms. The molecular weight excluding hydrogens is 196 g/mol. The minimum Gasteiger partial charge on any atom is -0.368 e. The van der Waals surface area contributed by atoms with E-state index in [1.807, 2.05) is 18.2 Å². The van der Waals surface area contributed by atoms with Crippen LogP contribution in [0.15, 0.2) is 36.4 Å². The van der Waals surface area contributed by atoms with Gasteiger partial charge in [-0.3, -0.25) is 0 Å². The van der Waals surface area contributed by atoms with Crippen molar-refractivity contribution in [3.8, 4) is 6.07 Å². The summed E-state index contributed by atoms with van der Waals surface area (Å²) in [5, 5.41) is 8.87. The van der Waals surface area contributed by atoms with Gasteiger partial charge in [-0.05, 0) is 37.5 Å². The largest absolute Gasteiger partial charge is 0.368 e. The summed E-state index contributed by atoms with van der Waals surface area (Å²) >= 11 is 0. The zero-order valence-corrected chi connectivity index (χ0v) is 9.56. The van der Waals surface area contributed by atoms with Gasteiger partial charge in [0.25, 0.3) is 0 Å². The van der Waals surface area contributed by atoms with Crippen LogP contribution in [0.4, 0.5) is 5.69 Å². The van der Waals surface area contributed by atoms with Gasteiger partial charge in [0.15, 0.2) is 0 Å². The van der Waals surface area contributed by atoms with Crippen LogP contribution in [-0.2, 0) is 0 Å². The fourth-order valence-electron chi connectivity index (χ4n) is 2.10. The van der Waals surface area contributed by atoms with E-state index >= 15 is 0 Å². The Morgan fingerprint density at radius 1 is 1.44 bits per heavy atom. The number of nitrogens with zero attached hydrogens (tertiary/aromatic N) is 2. The summed E-state index contributed by atoms with van der Waals surface area (Å²) in [4.78, 5) is 2.25. The van der Waals surface area contributed by atoms with Crippen LogP contribution in [0, 0.1) is 11.3 Å². The molecule has 1 atom stereocenters. The number of hydrogen-bond acceptors (Lipinski definition) is 2. The Morgan fingerprint density at radius 3 is 3.00 bits per heavy atom. The smallest absolute Gasteiger partial charge is 0.0992 e. The van der Waals surface area contributed by atoms with Crippen molar-refractivity contribution in [1.82, 2.24) is 0 Å². The first-order chi connectivity index (χ1) is 7.81. The molecule has 82 valence electrons. The lowest BCUT2D eigenvalue weighted by atomic mass is 10.0. The van der Waals surface area contributed by atoms with Gasteiger partial charge in [-0.15, -0.1) is 0 Å². The van der Waals surface area contributed by atoms with Crippen molar-refractivity contribution in [2.75, 3.05) is 11.9 Å². The Kier molecular flexibility index (Phi) is 3.26. The Labute approximate surface area is 96.8 Å². The standard InChI is InChI=1S/C14H16N2/c1-16(13-7-3-2-4-8-13)14-9-5-6-12(10-14)11-15/h3,5-7,9-10,13H,2,4,8H2,1H3. The van der Waals surface area contributed by atoms with Crippen LogP contribution in [0.25, 0.3) is 0 Å². The average Bonchev–Trinajstić information content (AvgIpc) is 2.39. The third-order valence-electron chi connectivity index (χ3n) is 3.11.